The Balaban J connectivity index is 1.50. The normalized spacial score (nSPS) is 17.6. The molecule has 3 aromatic rings. The fraction of sp³-hybridized carbons (Fsp3) is 0.280. The molecule has 0 unspecified atom stereocenters. The molecule has 2 aliphatic heterocycles. The molecule has 2 aromatic heterocycles. The molecular formula is C25H24FN5O3S2. The largest absolute Gasteiger partial charge is 0.383 e. The second-order valence-electron chi connectivity index (χ2n) is 8.33. The van der Waals surface area contributed by atoms with Gasteiger partial charge in [-0.25, -0.2) is 9.37 Å². The van der Waals surface area contributed by atoms with Crippen LogP contribution in [0.4, 0.5) is 15.9 Å². The highest BCUT2D eigenvalue weighted by atomic mass is 32.2. The molecule has 0 atom stereocenters. The molecule has 0 aliphatic carbocycles. The first kappa shape index (κ1) is 24.4. The highest BCUT2D eigenvalue weighted by Gasteiger charge is 2.33. The van der Waals surface area contributed by atoms with E-state index in [0.29, 0.717) is 71.3 Å². The number of pyridine rings is 1. The molecule has 0 saturated carbocycles. The molecule has 1 amide bonds. The third-order valence-electron chi connectivity index (χ3n) is 6.19. The number of para-hydroxylation sites is 1. The molecule has 2 saturated heterocycles. The van der Waals surface area contributed by atoms with Crippen LogP contribution in [0.5, 0.6) is 0 Å². The number of halogens is 1. The van der Waals surface area contributed by atoms with Crippen molar-refractivity contribution in [2.24, 2.45) is 0 Å². The Labute approximate surface area is 217 Å². The van der Waals surface area contributed by atoms with E-state index in [9.17, 15) is 14.0 Å². The topological polar surface area (TPSA) is 70.4 Å². The van der Waals surface area contributed by atoms with Crippen molar-refractivity contribution >= 4 is 57.4 Å². The van der Waals surface area contributed by atoms with Crippen molar-refractivity contribution in [1.82, 2.24) is 14.3 Å². The van der Waals surface area contributed by atoms with Gasteiger partial charge in [0.05, 0.1) is 29.3 Å². The number of anilines is 2. The molecule has 2 aliphatic rings. The summed E-state index contributed by atoms with van der Waals surface area (Å²) in [5.74, 6) is -0.0133. The summed E-state index contributed by atoms with van der Waals surface area (Å²) in [7, 11) is 1.56. The smallest absolute Gasteiger partial charge is 0.267 e. The lowest BCUT2D eigenvalue weighted by Gasteiger charge is -2.37. The highest BCUT2D eigenvalue weighted by Crippen LogP contribution is 2.33. The van der Waals surface area contributed by atoms with Gasteiger partial charge in [0.2, 0.25) is 0 Å². The Bertz CT molecular complexity index is 1420. The minimum atomic E-state index is -0.269. The number of hydrogen-bond donors (Lipinski definition) is 0. The Hall–Kier alpha value is -3.28. The summed E-state index contributed by atoms with van der Waals surface area (Å²) in [5.41, 5.74) is 1.13. The van der Waals surface area contributed by atoms with Gasteiger partial charge in [-0.3, -0.25) is 18.9 Å². The number of amides is 1. The third kappa shape index (κ3) is 4.61. The van der Waals surface area contributed by atoms with E-state index in [0.717, 1.165) is 11.8 Å². The van der Waals surface area contributed by atoms with Gasteiger partial charge >= 0.3 is 0 Å². The van der Waals surface area contributed by atoms with Gasteiger partial charge in [-0.2, -0.15) is 0 Å². The van der Waals surface area contributed by atoms with E-state index in [-0.39, 0.29) is 17.3 Å². The van der Waals surface area contributed by atoms with Gasteiger partial charge < -0.3 is 14.5 Å². The van der Waals surface area contributed by atoms with Crippen LogP contribution < -0.4 is 15.4 Å². The predicted molar refractivity (Wildman–Crippen MR) is 144 cm³/mol. The molecule has 36 heavy (non-hydrogen) atoms. The van der Waals surface area contributed by atoms with Crippen LogP contribution >= 0.6 is 24.0 Å². The summed E-state index contributed by atoms with van der Waals surface area (Å²) in [6.07, 6.45) is 3.26. The van der Waals surface area contributed by atoms with Gasteiger partial charge in [0.15, 0.2) is 0 Å². The second kappa shape index (κ2) is 10.4. The van der Waals surface area contributed by atoms with E-state index in [4.69, 9.17) is 21.9 Å². The zero-order valence-electron chi connectivity index (χ0n) is 19.6. The van der Waals surface area contributed by atoms with Gasteiger partial charge in [-0.15, -0.1) is 0 Å². The lowest BCUT2D eigenvalue weighted by atomic mass is 10.2. The zero-order valence-corrected chi connectivity index (χ0v) is 21.2. The summed E-state index contributed by atoms with van der Waals surface area (Å²) < 4.78 is 21.3. The molecule has 8 nitrogen and oxygen atoms in total. The first-order valence-electron chi connectivity index (χ1n) is 11.5. The molecule has 5 rings (SSSR count). The van der Waals surface area contributed by atoms with Crippen molar-refractivity contribution in [3.05, 3.63) is 75.3 Å². The van der Waals surface area contributed by atoms with Crippen LogP contribution in [0, 0.1) is 5.82 Å². The number of nitrogens with zero attached hydrogens (tertiary/aromatic N) is 5. The maximum absolute atomic E-state index is 14.3. The van der Waals surface area contributed by atoms with Crippen LogP contribution in [0.25, 0.3) is 11.7 Å². The van der Waals surface area contributed by atoms with Gasteiger partial charge in [-0.05, 0) is 30.3 Å². The molecule has 2 fully saturated rings. The van der Waals surface area contributed by atoms with Crippen molar-refractivity contribution in [3.63, 3.8) is 0 Å². The zero-order chi connectivity index (χ0) is 25.2. The summed E-state index contributed by atoms with van der Waals surface area (Å²) in [6.45, 7) is 2.92. The molecule has 0 radical (unpaired) electrons. The van der Waals surface area contributed by atoms with Crippen molar-refractivity contribution in [3.8, 4) is 0 Å². The number of carbonyl (C=O) groups is 1. The van der Waals surface area contributed by atoms with Crippen LogP contribution in [0.2, 0.25) is 0 Å². The second-order valence-corrected chi connectivity index (χ2v) is 10.0. The van der Waals surface area contributed by atoms with Crippen LogP contribution in [0.3, 0.4) is 0 Å². The van der Waals surface area contributed by atoms with E-state index in [2.05, 4.69) is 0 Å². The summed E-state index contributed by atoms with van der Waals surface area (Å²) >= 11 is 6.55. The Kier molecular flexibility index (Phi) is 7.04. The Morgan fingerprint density at radius 2 is 1.81 bits per heavy atom. The first-order chi connectivity index (χ1) is 17.5. The SMILES string of the molecule is COCCN1C(=O)C(=Cc2c(N3CCN(c4ccccc4F)CC3)nc3ccccn3c2=O)SC1=S. The highest BCUT2D eigenvalue weighted by molar-refractivity contribution is 8.26. The number of carbonyl (C=O) groups excluding carboxylic acids is 1. The maximum atomic E-state index is 14.3. The summed E-state index contributed by atoms with van der Waals surface area (Å²) in [5, 5.41) is 0. The van der Waals surface area contributed by atoms with Crippen molar-refractivity contribution < 1.29 is 13.9 Å². The number of benzene rings is 1. The summed E-state index contributed by atoms with van der Waals surface area (Å²) in [6, 6.07) is 12.1. The molecule has 11 heteroatoms. The Morgan fingerprint density at radius 3 is 2.56 bits per heavy atom. The van der Waals surface area contributed by atoms with E-state index in [1.165, 1.54) is 15.4 Å². The van der Waals surface area contributed by atoms with Crippen LogP contribution in [0.1, 0.15) is 5.56 Å². The minimum Gasteiger partial charge on any atom is -0.383 e. The number of piperazine rings is 1. The Morgan fingerprint density at radius 1 is 1.08 bits per heavy atom. The number of thiocarbonyl (C=S) groups is 1. The van der Waals surface area contributed by atoms with E-state index in [1.807, 2.05) is 21.9 Å². The van der Waals surface area contributed by atoms with Crippen molar-refractivity contribution in [2.45, 2.75) is 0 Å². The third-order valence-corrected chi connectivity index (χ3v) is 7.57. The molecule has 186 valence electrons. The van der Waals surface area contributed by atoms with Gasteiger partial charge in [-0.1, -0.05) is 42.2 Å². The molecule has 0 N–H and O–H groups in total. The average molecular weight is 526 g/mol. The monoisotopic (exact) mass is 525 g/mol. The molecular weight excluding hydrogens is 501 g/mol. The van der Waals surface area contributed by atoms with E-state index in [1.54, 1.807) is 43.6 Å². The average Bonchev–Trinajstić information content (AvgIpc) is 3.16. The number of methoxy groups -OCH3 is 1. The van der Waals surface area contributed by atoms with Crippen LogP contribution in [-0.4, -0.2) is 71.0 Å². The summed E-state index contributed by atoms with van der Waals surface area (Å²) in [4.78, 5) is 37.2. The van der Waals surface area contributed by atoms with Gasteiger partial charge in [0.25, 0.3) is 11.5 Å². The van der Waals surface area contributed by atoms with Crippen LogP contribution in [0.15, 0.2) is 58.4 Å². The number of rotatable bonds is 6. The number of thioether (sulfide) groups is 1. The van der Waals surface area contributed by atoms with Gasteiger partial charge in [0, 0.05) is 39.5 Å². The number of ether oxygens (including phenoxy) is 1. The predicted octanol–water partition coefficient (Wildman–Crippen LogP) is 3.01. The quantitative estimate of drug-likeness (QED) is 0.360. The molecule has 0 bridgehead atoms. The number of aromatic nitrogens is 2. The first-order valence-corrected chi connectivity index (χ1v) is 12.7. The van der Waals surface area contributed by atoms with Crippen molar-refractivity contribution in [1.29, 1.82) is 0 Å². The maximum Gasteiger partial charge on any atom is 0.267 e. The lowest BCUT2D eigenvalue weighted by Crippen LogP contribution is -2.47. The van der Waals surface area contributed by atoms with Gasteiger partial charge in [0.1, 0.15) is 21.6 Å². The fourth-order valence-corrected chi connectivity index (χ4v) is 5.62. The van der Waals surface area contributed by atoms with Crippen molar-refractivity contribution in [2.75, 3.05) is 56.2 Å². The van der Waals surface area contributed by atoms with Crippen LogP contribution in [-0.2, 0) is 9.53 Å². The number of fused-ring (bicyclic) bond motifs is 1. The fourth-order valence-electron chi connectivity index (χ4n) is 4.33. The molecule has 1 aromatic carbocycles. The number of hydrogen-bond acceptors (Lipinski definition) is 8. The molecule has 4 heterocycles. The minimum absolute atomic E-state index is 0.255. The van der Waals surface area contributed by atoms with E-state index >= 15 is 0 Å². The molecule has 0 spiro atoms. The van der Waals surface area contributed by atoms with E-state index < -0.39 is 0 Å². The standard InChI is InChI=1S/C25H24FN5O3S2/c1-34-15-14-31-24(33)20(36-25(31)35)16-17-22(27-21-8-4-5-9-30(21)23(17)32)29-12-10-28(11-13-29)19-7-3-2-6-18(19)26/h2-9,16H,10-15H2,1H3. The lowest BCUT2D eigenvalue weighted by molar-refractivity contribution is -0.122.